The van der Waals surface area contributed by atoms with Crippen molar-refractivity contribution in [2.45, 2.75) is 6.10 Å². The van der Waals surface area contributed by atoms with Gasteiger partial charge in [0.25, 0.3) is 5.91 Å². The third-order valence-electron chi connectivity index (χ3n) is 3.35. The zero-order chi connectivity index (χ0) is 13.9. The first-order chi connectivity index (χ1) is 9.74. The van der Waals surface area contributed by atoms with Gasteiger partial charge in [0.1, 0.15) is 17.6 Å². The number of nitrogens with zero attached hydrogens (tertiary/aromatic N) is 2. The second kappa shape index (κ2) is 5.34. The number of morpholine rings is 1. The van der Waals surface area contributed by atoms with Crippen LogP contribution in [0.5, 0.6) is 0 Å². The van der Waals surface area contributed by atoms with Crippen molar-refractivity contribution in [2.75, 3.05) is 25.4 Å². The van der Waals surface area contributed by atoms with E-state index in [-0.39, 0.29) is 12.0 Å². The molecule has 3 N–H and O–H groups in total. The van der Waals surface area contributed by atoms with E-state index in [1.54, 1.807) is 11.0 Å². The Balaban J connectivity index is 1.74. The molecule has 0 aliphatic carbocycles. The molecule has 1 atom stereocenters. The van der Waals surface area contributed by atoms with Gasteiger partial charge in [0.05, 0.1) is 13.2 Å². The van der Waals surface area contributed by atoms with Gasteiger partial charge in [-0.1, -0.05) is 30.3 Å². The van der Waals surface area contributed by atoms with Crippen molar-refractivity contribution >= 4 is 11.7 Å². The van der Waals surface area contributed by atoms with Crippen LogP contribution in [0.4, 0.5) is 5.82 Å². The molecule has 1 unspecified atom stereocenters. The number of benzene rings is 1. The summed E-state index contributed by atoms with van der Waals surface area (Å²) in [4.78, 5) is 14.1. The van der Waals surface area contributed by atoms with E-state index in [2.05, 4.69) is 10.2 Å². The van der Waals surface area contributed by atoms with E-state index in [1.165, 1.54) is 0 Å². The van der Waals surface area contributed by atoms with E-state index in [1.807, 2.05) is 30.3 Å². The van der Waals surface area contributed by atoms with Crippen molar-refractivity contribution in [2.24, 2.45) is 0 Å². The van der Waals surface area contributed by atoms with E-state index >= 15 is 0 Å². The van der Waals surface area contributed by atoms with Gasteiger partial charge in [-0.25, -0.2) is 0 Å². The lowest BCUT2D eigenvalue weighted by molar-refractivity contribution is -0.0230. The Labute approximate surface area is 116 Å². The molecule has 2 heterocycles. The number of aromatic nitrogens is 2. The predicted octanol–water partition coefficient (Wildman–Crippen LogP) is 1.21. The lowest BCUT2D eigenvalue weighted by Gasteiger charge is -2.32. The molecule has 0 radical (unpaired) electrons. The van der Waals surface area contributed by atoms with Crippen LogP contribution < -0.4 is 5.73 Å². The standard InChI is InChI=1S/C14H16N4O2/c15-13-8-11(16-17-13)14(19)18-6-7-20-12(9-18)10-4-2-1-3-5-10/h1-5,8,12H,6-7,9H2,(H3,15,16,17). The molecule has 0 saturated carbocycles. The first kappa shape index (κ1) is 12.7. The molecule has 1 saturated heterocycles. The maximum absolute atomic E-state index is 12.3. The van der Waals surface area contributed by atoms with Crippen molar-refractivity contribution in [3.63, 3.8) is 0 Å². The van der Waals surface area contributed by atoms with E-state index in [0.717, 1.165) is 5.56 Å². The maximum Gasteiger partial charge on any atom is 0.272 e. The molecular weight excluding hydrogens is 256 g/mol. The van der Waals surface area contributed by atoms with Crippen molar-refractivity contribution < 1.29 is 9.53 Å². The molecule has 0 spiro atoms. The van der Waals surface area contributed by atoms with Crippen molar-refractivity contribution in [1.82, 2.24) is 15.1 Å². The number of hydrogen-bond acceptors (Lipinski definition) is 4. The van der Waals surface area contributed by atoms with Crippen molar-refractivity contribution in [3.05, 3.63) is 47.7 Å². The second-order valence-corrected chi connectivity index (χ2v) is 4.73. The minimum absolute atomic E-state index is 0.0887. The highest BCUT2D eigenvalue weighted by molar-refractivity contribution is 5.93. The maximum atomic E-state index is 12.3. The first-order valence-corrected chi connectivity index (χ1v) is 6.51. The summed E-state index contributed by atoms with van der Waals surface area (Å²) in [7, 11) is 0. The van der Waals surface area contributed by atoms with E-state index in [4.69, 9.17) is 10.5 Å². The van der Waals surface area contributed by atoms with Gasteiger partial charge in [-0.05, 0) is 5.56 Å². The van der Waals surface area contributed by atoms with Crippen molar-refractivity contribution in [3.8, 4) is 0 Å². The monoisotopic (exact) mass is 272 g/mol. The van der Waals surface area contributed by atoms with Gasteiger partial charge >= 0.3 is 0 Å². The van der Waals surface area contributed by atoms with Gasteiger partial charge in [-0.15, -0.1) is 0 Å². The van der Waals surface area contributed by atoms with Gasteiger partial charge in [-0.3, -0.25) is 9.89 Å². The van der Waals surface area contributed by atoms with E-state index in [9.17, 15) is 4.79 Å². The van der Waals surface area contributed by atoms with Crippen LogP contribution >= 0.6 is 0 Å². The van der Waals surface area contributed by atoms with E-state index < -0.39 is 0 Å². The van der Waals surface area contributed by atoms with Crippen molar-refractivity contribution in [1.29, 1.82) is 0 Å². The number of aromatic amines is 1. The molecule has 6 nitrogen and oxygen atoms in total. The molecular formula is C14H16N4O2. The summed E-state index contributed by atoms with van der Waals surface area (Å²) in [6.07, 6.45) is -0.0887. The molecule has 104 valence electrons. The summed E-state index contributed by atoms with van der Waals surface area (Å²) in [5, 5.41) is 6.43. The Hall–Kier alpha value is -2.34. The van der Waals surface area contributed by atoms with Crippen LogP contribution in [0.25, 0.3) is 0 Å². The number of nitrogen functional groups attached to an aromatic ring is 1. The molecule has 1 aromatic heterocycles. The number of hydrogen-bond donors (Lipinski definition) is 2. The molecule has 2 aromatic rings. The summed E-state index contributed by atoms with van der Waals surface area (Å²) in [6, 6.07) is 11.5. The molecule has 1 aromatic carbocycles. The lowest BCUT2D eigenvalue weighted by Crippen LogP contribution is -2.42. The summed E-state index contributed by atoms with van der Waals surface area (Å²) in [5.74, 6) is 0.222. The van der Waals surface area contributed by atoms with Gasteiger partial charge in [0.2, 0.25) is 0 Å². The van der Waals surface area contributed by atoms with Crippen LogP contribution in [-0.2, 0) is 4.74 Å². The lowest BCUT2D eigenvalue weighted by atomic mass is 10.1. The summed E-state index contributed by atoms with van der Waals surface area (Å²) in [6.45, 7) is 1.62. The fourth-order valence-electron chi connectivity index (χ4n) is 2.32. The van der Waals surface area contributed by atoms with Crippen LogP contribution in [0.1, 0.15) is 22.2 Å². The Morgan fingerprint density at radius 3 is 2.90 bits per heavy atom. The zero-order valence-corrected chi connectivity index (χ0v) is 11.0. The van der Waals surface area contributed by atoms with Crippen LogP contribution in [0.3, 0.4) is 0 Å². The fourth-order valence-corrected chi connectivity index (χ4v) is 2.32. The third-order valence-corrected chi connectivity index (χ3v) is 3.35. The molecule has 3 rings (SSSR count). The number of H-pyrrole nitrogens is 1. The first-order valence-electron chi connectivity index (χ1n) is 6.51. The SMILES string of the molecule is Nc1cc(C(=O)N2CCOC(c3ccccc3)C2)[nH]n1. The highest BCUT2D eigenvalue weighted by atomic mass is 16.5. The Kier molecular flexibility index (Phi) is 3.39. The number of carbonyl (C=O) groups excluding carboxylic acids is 1. The van der Waals surface area contributed by atoms with Gasteiger partial charge in [0.15, 0.2) is 0 Å². The zero-order valence-electron chi connectivity index (χ0n) is 11.0. The summed E-state index contributed by atoms with van der Waals surface area (Å²) < 4.78 is 5.74. The smallest absolute Gasteiger partial charge is 0.272 e. The molecule has 1 amide bonds. The molecule has 6 heteroatoms. The number of amides is 1. The highest BCUT2D eigenvalue weighted by Gasteiger charge is 2.26. The van der Waals surface area contributed by atoms with Gasteiger partial charge in [0, 0.05) is 12.6 Å². The van der Waals surface area contributed by atoms with Gasteiger partial charge < -0.3 is 15.4 Å². The van der Waals surface area contributed by atoms with Crippen LogP contribution in [-0.4, -0.2) is 40.7 Å². The Bertz CT molecular complexity index is 596. The minimum Gasteiger partial charge on any atom is -0.382 e. The minimum atomic E-state index is -0.0987. The number of rotatable bonds is 2. The number of nitrogens with one attached hydrogen (secondary N) is 1. The molecule has 1 aliphatic heterocycles. The third kappa shape index (κ3) is 2.50. The molecule has 1 aliphatic rings. The predicted molar refractivity (Wildman–Crippen MR) is 74.0 cm³/mol. The number of nitrogens with two attached hydrogens (primary N) is 1. The topological polar surface area (TPSA) is 84.2 Å². The average Bonchev–Trinajstić information content (AvgIpc) is 2.94. The molecule has 0 bridgehead atoms. The van der Waals surface area contributed by atoms with E-state index in [0.29, 0.717) is 31.2 Å². The fraction of sp³-hybridized carbons (Fsp3) is 0.286. The number of ether oxygens (including phenoxy) is 1. The quantitative estimate of drug-likeness (QED) is 0.860. The Morgan fingerprint density at radius 1 is 1.40 bits per heavy atom. The van der Waals surface area contributed by atoms with Crippen LogP contribution in [0.15, 0.2) is 36.4 Å². The van der Waals surface area contributed by atoms with Crippen LogP contribution in [0, 0.1) is 0 Å². The largest absolute Gasteiger partial charge is 0.382 e. The highest BCUT2D eigenvalue weighted by Crippen LogP contribution is 2.22. The number of carbonyl (C=O) groups is 1. The Morgan fingerprint density at radius 2 is 2.20 bits per heavy atom. The molecule has 20 heavy (non-hydrogen) atoms. The molecule has 1 fully saturated rings. The second-order valence-electron chi connectivity index (χ2n) is 4.73. The average molecular weight is 272 g/mol. The normalized spacial score (nSPS) is 19.0. The van der Waals surface area contributed by atoms with Gasteiger partial charge in [-0.2, -0.15) is 5.10 Å². The van der Waals surface area contributed by atoms with Crippen LogP contribution in [0.2, 0.25) is 0 Å². The summed E-state index contributed by atoms with van der Waals surface area (Å²) in [5.41, 5.74) is 7.02. The number of anilines is 1. The summed E-state index contributed by atoms with van der Waals surface area (Å²) >= 11 is 0.